The van der Waals surface area contributed by atoms with Crippen LogP contribution in [0.15, 0.2) is 0 Å². The Labute approximate surface area is 111 Å². The molecule has 0 bridgehead atoms. The number of pyridine rings is 1. The van der Waals surface area contributed by atoms with E-state index in [9.17, 15) is 4.79 Å². The molecule has 0 saturated heterocycles. The SMILES string of the molecule is CCCc1nc2c(N)nc(C)c(C)c2n1CC(N)=O. The van der Waals surface area contributed by atoms with Gasteiger partial charge in [-0.05, 0) is 25.8 Å². The van der Waals surface area contributed by atoms with Gasteiger partial charge in [-0.3, -0.25) is 4.79 Å². The van der Waals surface area contributed by atoms with E-state index in [1.807, 2.05) is 18.4 Å². The standard InChI is InChI=1S/C13H19N5O/c1-4-5-10-17-11-12(18(10)6-9(14)19)7(2)8(3)16-13(11)15/h4-6H2,1-3H3,(H2,14,19)(H2,15,16). The van der Waals surface area contributed by atoms with Crippen molar-refractivity contribution in [3.63, 3.8) is 0 Å². The molecule has 6 nitrogen and oxygen atoms in total. The Kier molecular flexibility index (Phi) is 3.42. The largest absolute Gasteiger partial charge is 0.382 e. The molecule has 102 valence electrons. The van der Waals surface area contributed by atoms with E-state index < -0.39 is 0 Å². The fraction of sp³-hybridized carbons (Fsp3) is 0.462. The minimum Gasteiger partial charge on any atom is -0.382 e. The molecule has 2 aromatic rings. The first-order valence-corrected chi connectivity index (χ1v) is 6.35. The number of nitrogens with zero attached hydrogens (tertiary/aromatic N) is 3. The third-order valence-electron chi connectivity index (χ3n) is 3.26. The zero-order valence-electron chi connectivity index (χ0n) is 11.5. The molecule has 1 amide bonds. The van der Waals surface area contributed by atoms with Gasteiger partial charge in [-0.1, -0.05) is 6.92 Å². The number of hydrogen-bond acceptors (Lipinski definition) is 4. The van der Waals surface area contributed by atoms with Crippen LogP contribution in [0, 0.1) is 13.8 Å². The van der Waals surface area contributed by atoms with Crippen molar-refractivity contribution in [1.82, 2.24) is 14.5 Å². The van der Waals surface area contributed by atoms with Crippen LogP contribution in [0.2, 0.25) is 0 Å². The van der Waals surface area contributed by atoms with E-state index in [1.165, 1.54) is 0 Å². The van der Waals surface area contributed by atoms with Crippen LogP contribution in [0.25, 0.3) is 11.0 Å². The lowest BCUT2D eigenvalue weighted by atomic mass is 10.2. The molecule has 6 heteroatoms. The summed E-state index contributed by atoms with van der Waals surface area (Å²) in [7, 11) is 0. The van der Waals surface area contributed by atoms with Gasteiger partial charge in [0.25, 0.3) is 0 Å². The molecule has 0 unspecified atom stereocenters. The maximum atomic E-state index is 11.3. The second-order valence-electron chi connectivity index (χ2n) is 4.74. The van der Waals surface area contributed by atoms with Crippen molar-refractivity contribution in [1.29, 1.82) is 0 Å². The third kappa shape index (κ3) is 2.25. The molecule has 0 saturated carbocycles. The monoisotopic (exact) mass is 261 g/mol. The first kappa shape index (κ1) is 13.3. The normalized spacial score (nSPS) is 11.1. The number of fused-ring (bicyclic) bond motifs is 1. The smallest absolute Gasteiger partial charge is 0.237 e. The summed E-state index contributed by atoms with van der Waals surface area (Å²) in [5, 5.41) is 0. The first-order valence-electron chi connectivity index (χ1n) is 6.35. The van der Waals surface area contributed by atoms with Gasteiger partial charge in [0.05, 0.1) is 5.52 Å². The molecule has 0 aliphatic carbocycles. The fourth-order valence-corrected chi connectivity index (χ4v) is 2.29. The van der Waals surface area contributed by atoms with Crippen molar-refractivity contribution >= 4 is 22.8 Å². The minimum atomic E-state index is -0.385. The van der Waals surface area contributed by atoms with Gasteiger partial charge in [0, 0.05) is 12.1 Å². The Morgan fingerprint density at radius 2 is 2.00 bits per heavy atom. The van der Waals surface area contributed by atoms with Gasteiger partial charge in [-0.15, -0.1) is 0 Å². The van der Waals surface area contributed by atoms with Crippen molar-refractivity contribution in [3.8, 4) is 0 Å². The van der Waals surface area contributed by atoms with Crippen molar-refractivity contribution in [3.05, 3.63) is 17.1 Å². The predicted octanol–water partition coefficient (Wildman–Crippen LogP) is 1.07. The zero-order chi connectivity index (χ0) is 14.2. The minimum absolute atomic E-state index is 0.121. The van der Waals surface area contributed by atoms with Crippen LogP contribution in [0.1, 0.15) is 30.4 Å². The highest BCUT2D eigenvalue weighted by atomic mass is 16.1. The molecular weight excluding hydrogens is 242 g/mol. The average Bonchev–Trinajstić information content (AvgIpc) is 2.66. The molecule has 0 spiro atoms. The van der Waals surface area contributed by atoms with Crippen LogP contribution < -0.4 is 11.5 Å². The van der Waals surface area contributed by atoms with E-state index in [4.69, 9.17) is 11.5 Å². The summed E-state index contributed by atoms with van der Waals surface area (Å²) in [6, 6.07) is 0. The van der Waals surface area contributed by atoms with Crippen LogP contribution in [0.5, 0.6) is 0 Å². The van der Waals surface area contributed by atoms with E-state index in [2.05, 4.69) is 16.9 Å². The lowest BCUT2D eigenvalue weighted by Crippen LogP contribution is -2.20. The number of rotatable bonds is 4. The second kappa shape index (κ2) is 4.87. The zero-order valence-corrected chi connectivity index (χ0v) is 11.5. The van der Waals surface area contributed by atoms with E-state index in [1.54, 1.807) is 0 Å². The van der Waals surface area contributed by atoms with Crippen LogP contribution in [-0.4, -0.2) is 20.4 Å². The van der Waals surface area contributed by atoms with Gasteiger partial charge in [0.1, 0.15) is 17.9 Å². The topological polar surface area (TPSA) is 99.8 Å². The lowest BCUT2D eigenvalue weighted by Gasteiger charge is -2.09. The van der Waals surface area contributed by atoms with E-state index in [0.717, 1.165) is 35.4 Å². The number of carbonyl (C=O) groups excluding carboxylic acids is 1. The van der Waals surface area contributed by atoms with E-state index in [0.29, 0.717) is 11.3 Å². The summed E-state index contributed by atoms with van der Waals surface area (Å²) >= 11 is 0. The molecule has 2 aromatic heterocycles. The number of aryl methyl sites for hydroxylation is 3. The van der Waals surface area contributed by atoms with Gasteiger partial charge >= 0.3 is 0 Å². The summed E-state index contributed by atoms with van der Waals surface area (Å²) in [5.74, 6) is 0.848. The quantitative estimate of drug-likeness (QED) is 0.859. The summed E-state index contributed by atoms with van der Waals surface area (Å²) < 4.78 is 1.86. The summed E-state index contributed by atoms with van der Waals surface area (Å²) in [4.78, 5) is 20.1. The van der Waals surface area contributed by atoms with Gasteiger partial charge in [0.2, 0.25) is 5.91 Å². The van der Waals surface area contributed by atoms with Crippen molar-refractivity contribution in [2.75, 3.05) is 5.73 Å². The molecule has 0 radical (unpaired) electrons. The number of imidazole rings is 1. The van der Waals surface area contributed by atoms with Gasteiger partial charge in [0.15, 0.2) is 5.82 Å². The Balaban J connectivity index is 2.78. The number of hydrogen-bond donors (Lipinski definition) is 2. The first-order chi connectivity index (χ1) is 8.95. The van der Waals surface area contributed by atoms with Gasteiger partial charge in [-0.2, -0.15) is 0 Å². The van der Waals surface area contributed by atoms with E-state index in [-0.39, 0.29) is 12.5 Å². The highest BCUT2D eigenvalue weighted by Gasteiger charge is 2.17. The molecule has 2 heterocycles. The maximum absolute atomic E-state index is 11.3. The number of carbonyl (C=O) groups is 1. The number of nitrogens with two attached hydrogens (primary N) is 2. The Hall–Kier alpha value is -2.11. The number of aromatic nitrogens is 3. The summed E-state index contributed by atoms with van der Waals surface area (Å²) in [5.41, 5.74) is 14.6. The molecule has 0 atom stereocenters. The van der Waals surface area contributed by atoms with Crippen molar-refractivity contribution < 1.29 is 4.79 Å². The molecule has 0 aromatic carbocycles. The fourth-order valence-electron chi connectivity index (χ4n) is 2.29. The number of nitrogen functional groups attached to an aromatic ring is 1. The summed E-state index contributed by atoms with van der Waals surface area (Å²) in [6.45, 7) is 6.04. The Bertz CT molecular complexity index is 644. The van der Waals surface area contributed by atoms with E-state index >= 15 is 0 Å². The molecule has 2 rings (SSSR count). The second-order valence-corrected chi connectivity index (χ2v) is 4.74. The molecule has 0 aliphatic heterocycles. The van der Waals surface area contributed by atoms with Gasteiger partial charge in [-0.25, -0.2) is 9.97 Å². The van der Waals surface area contributed by atoms with Gasteiger partial charge < -0.3 is 16.0 Å². The van der Waals surface area contributed by atoms with Crippen molar-refractivity contribution in [2.45, 2.75) is 40.2 Å². The average molecular weight is 261 g/mol. The summed E-state index contributed by atoms with van der Waals surface area (Å²) in [6.07, 6.45) is 1.72. The van der Waals surface area contributed by atoms with Crippen LogP contribution in [0.4, 0.5) is 5.82 Å². The Morgan fingerprint density at radius 1 is 1.32 bits per heavy atom. The number of primary amides is 1. The molecule has 0 aliphatic rings. The van der Waals surface area contributed by atoms with Crippen LogP contribution in [-0.2, 0) is 17.8 Å². The maximum Gasteiger partial charge on any atom is 0.237 e. The molecular formula is C13H19N5O. The molecule has 19 heavy (non-hydrogen) atoms. The Morgan fingerprint density at radius 3 is 2.58 bits per heavy atom. The number of anilines is 1. The molecule has 4 N–H and O–H groups in total. The van der Waals surface area contributed by atoms with Crippen molar-refractivity contribution in [2.24, 2.45) is 5.73 Å². The number of amides is 1. The predicted molar refractivity (Wildman–Crippen MR) is 74.6 cm³/mol. The van der Waals surface area contributed by atoms with Crippen LogP contribution in [0.3, 0.4) is 0 Å². The molecule has 0 fully saturated rings. The third-order valence-corrected chi connectivity index (χ3v) is 3.26. The highest BCUT2D eigenvalue weighted by Crippen LogP contribution is 2.26. The lowest BCUT2D eigenvalue weighted by molar-refractivity contribution is -0.118. The highest BCUT2D eigenvalue weighted by molar-refractivity contribution is 5.89. The van der Waals surface area contributed by atoms with Crippen LogP contribution >= 0.6 is 0 Å².